The maximum absolute atomic E-state index is 11.3. The maximum atomic E-state index is 11.3. The van der Waals surface area contributed by atoms with Gasteiger partial charge in [0, 0.05) is 16.9 Å². The Morgan fingerprint density at radius 2 is 2.36 bits per heavy atom. The van der Waals surface area contributed by atoms with E-state index in [0.29, 0.717) is 5.92 Å². The van der Waals surface area contributed by atoms with Crippen molar-refractivity contribution in [3.05, 3.63) is 0 Å². The maximum Gasteiger partial charge on any atom is 0.223 e. The van der Waals surface area contributed by atoms with Crippen molar-refractivity contribution in [2.24, 2.45) is 11.8 Å². The second-order valence-corrected chi connectivity index (χ2v) is 4.18. The number of hydrogen-bond acceptors (Lipinski definition) is 1. The van der Waals surface area contributed by atoms with Crippen LogP contribution in [0.5, 0.6) is 0 Å². The monoisotopic (exact) mass is 267 g/mol. The van der Waals surface area contributed by atoms with Gasteiger partial charge in [0.15, 0.2) is 0 Å². The van der Waals surface area contributed by atoms with Crippen molar-refractivity contribution in [1.82, 2.24) is 5.32 Å². The van der Waals surface area contributed by atoms with E-state index in [9.17, 15) is 4.79 Å². The molecule has 1 N–H and O–H groups in total. The van der Waals surface area contributed by atoms with Gasteiger partial charge in [0.1, 0.15) is 0 Å². The van der Waals surface area contributed by atoms with Crippen LogP contribution < -0.4 is 5.32 Å². The van der Waals surface area contributed by atoms with Gasteiger partial charge in [0.2, 0.25) is 5.91 Å². The van der Waals surface area contributed by atoms with Crippen molar-refractivity contribution >= 4 is 28.5 Å². The molecule has 0 bridgehead atoms. The van der Waals surface area contributed by atoms with Crippen LogP contribution in [-0.4, -0.2) is 16.9 Å². The summed E-state index contributed by atoms with van der Waals surface area (Å²) in [6, 6.07) is 0. The number of carbonyl (C=O) groups excluding carboxylic acids is 1. The Bertz CT molecular complexity index is 145. The lowest BCUT2D eigenvalue weighted by Gasteiger charge is -2.09. The van der Waals surface area contributed by atoms with Crippen molar-refractivity contribution < 1.29 is 4.79 Å². The summed E-state index contributed by atoms with van der Waals surface area (Å²) in [5.74, 6) is 1.17. The Hall–Kier alpha value is 0.200. The van der Waals surface area contributed by atoms with Crippen LogP contribution in [0.25, 0.3) is 0 Å². The SMILES string of the molecule is CC(C(=O)NCCI)C1CC1. The molecule has 1 saturated carbocycles. The van der Waals surface area contributed by atoms with Gasteiger partial charge in [-0.3, -0.25) is 4.79 Å². The zero-order valence-electron chi connectivity index (χ0n) is 6.77. The van der Waals surface area contributed by atoms with Crippen LogP contribution in [0.2, 0.25) is 0 Å². The molecule has 3 heteroatoms. The van der Waals surface area contributed by atoms with Gasteiger partial charge in [0.05, 0.1) is 0 Å². The minimum Gasteiger partial charge on any atom is -0.355 e. The second kappa shape index (κ2) is 4.28. The molecule has 1 atom stereocenters. The fourth-order valence-electron chi connectivity index (χ4n) is 1.14. The van der Waals surface area contributed by atoms with Crippen LogP contribution in [0, 0.1) is 11.8 Å². The Balaban J connectivity index is 2.16. The molecule has 0 heterocycles. The molecule has 1 aliphatic carbocycles. The van der Waals surface area contributed by atoms with E-state index in [-0.39, 0.29) is 11.8 Å². The zero-order chi connectivity index (χ0) is 8.27. The molecule has 0 aromatic heterocycles. The molecule has 1 fully saturated rings. The van der Waals surface area contributed by atoms with Crippen LogP contribution >= 0.6 is 22.6 Å². The molecular formula is C8H14INO. The van der Waals surface area contributed by atoms with Crippen LogP contribution in [0.3, 0.4) is 0 Å². The highest BCUT2D eigenvalue weighted by Gasteiger charge is 2.32. The largest absolute Gasteiger partial charge is 0.355 e. The molecule has 0 radical (unpaired) electrons. The first-order valence-electron chi connectivity index (χ1n) is 4.09. The summed E-state index contributed by atoms with van der Waals surface area (Å²) >= 11 is 2.26. The van der Waals surface area contributed by atoms with Gasteiger partial charge < -0.3 is 5.32 Å². The summed E-state index contributed by atoms with van der Waals surface area (Å²) < 4.78 is 1.00. The second-order valence-electron chi connectivity index (χ2n) is 3.11. The molecule has 2 nitrogen and oxygen atoms in total. The number of carbonyl (C=O) groups is 1. The van der Waals surface area contributed by atoms with Gasteiger partial charge in [-0.05, 0) is 18.8 Å². The average Bonchev–Trinajstić information content (AvgIpc) is 2.81. The van der Waals surface area contributed by atoms with Gasteiger partial charge in [-0.25, -0.2) is 0 Å². The highest BCUT2D eigenvalue weighted by Crippen LogP contribution is 2.36. The van der Waals surface area contributed by atoms with E-state index in [0.717, 1.165) is 11.0 Å². The average molecular weight is 267 g/mol. The fourth-order valence-corrected chi connectivity index (χ4v) is 1.41. The lowest BCUT2D eigenvalue weighted by Crippen LogP contribution is -2.31. The molecule has 64 valence electrons. The van der Waals surface area contributed by atoms with Crippen LogP contribution in [0.4, 0.5) is 0 Å². The molecule has 11 heavy (non-hydrogen) atoms. The first-order chi connectivity index (χ1) is 5.25. The molecule has 0 aromatic rings. The molecule has 0 saturated heterocycles. The third kappa shape index (κ3) is 2.97. The lowest BCUT2D eigenvalue weighted by atomic mass is 10.1. The van der Waals surface area contributed by atoms with Gasteiger partial charge in [-0.1, -0.05) is 29.5 Å². The smallest absolute Gasteiger partial charge is 0.223 e. The minimum atomic E-state index is 0.240. The molecule has 0 spiro atoms. The van der Waals surface area contributed by atoms with Gasteiger partial charge in [0.25, 0.3) is 0 Å². The minimum absolute atomic E-state index is 0.240. The predicted molar refractivity (Wildman–Crippen MR) is 53.8 cm³/mol. The van der Waals surface area contributed by atoms with Gasteiger partial charge in [-0.2, -0.15) is 0 Å². The molecular weight excluding hydrogens is 253 g/mol. The number of amides is 1. The molecule has 0 aromatic carbocycles. The third-order valence-corrected chi connectivity index (χ3v) is 2.68. The van der Waals surface area contributed by atoms with E-state index >= 15 is 0 Å². The highest BCUT2D eigenvalue weighted by atomic mass is 127. The van der Waals surface area contributed by atoms with Gasteiger partial charge in [-0.15, -0.1) is 0 Å². The van der Waals surface area contributed by atoms with E-state index in [2.05, 4.69) is 27.9 Å². The normalized spacial score (nSPS) is 19.5. The molecule has 1 rings (SSSR count). The lowest BCUT2D eigenvalue weighted by molar-refractivity contribution is -0.124. The van der Waals surface area contributed by atoms with E-state index < -0.39 is 0 Å². The van der Waals surface area contributed by atoms with Gasteiger partial charge >= 0.3 is 0 Å². The molecule has 1 unspecified atom stereocenters. The van der Waals surface area contributed by atoms with Crippen LogP contribution in [0.15, 0.2) is 0 Å². The third-order valence-electron chi connectivity index (χ3n) is 2.14. The number of nitrogens with one attached hydrogen (secondary N) is 1. The summed E-state index contributed by atoms with van der Waals surface area (Å²) in [6.45, 7) is 2.84. The first-order valence-corrected chi connectivity index (χ1v) is 5.62. The zero-order valence-corrected chi connectivity index (χ0v) is 8.93. The van der Waals surface area contributed by atoms with Crippen molar-refractivity contribution in [3.8, 4) is 0 Å². The number of alkyl halides is 1. The van der Waals surface area contributed by atoms with Crippen molar-refractivity contribution in [2.45, 2.75) is 19.8 Å². The van der Waals surface area contributed by atoms with Crippen molar-refractivity contribution in [3.63, 3.8) is 0 Å². The van der Waals surface area contributed by atoms with E-state index in [1.54, 1.807) is 0 Å². The number of rotatable bonds is 4. The summed E-state index contributed by atoms with van der Waals surface area (Å²) in [7, 11) is 0. The molecule has 1 amide bonds. The quantitative estimate of drug-likeness (QED) is 0.608. The van der Waals surface area contributed by atoms with E-state index in [1.165, 1.54) is 12.8 Å². The number of halogens is 1. The Labute approximate surface area is 81.3 Å². The van der Waals surface area contributed by atoms with Crippen molar-refractivity contribution in [1.29, 1.82) is 0 Å². The fraction of sp³-hybridized carbons (Fsp3) is 0.875. The standard InChI is InChI=1S/C8H14INO/c1-6(7-2-3-7)8(11)10-5-4-9/h6-7H,2-5H2,1H3,(H,10,11). The summed E-state index contributed by atoms with van der Waals surface area (Å²) in [5.41, 5.74) is 0. The topological polar surface area (TPSA) is 29.1 Å². The Morgan fingerprint density at radius 1 is 1.73 bits per heavy atom. The summed E-state index contributed by atoms with van der Waals surface area (Å²) in [6.07, 6.45) is 2.50. The van der Waals surface area contributed by atoms with Crippen LogP contribution in [-0.2, 0) is 4.79 Å². The Morgan fingerprint density at radius 3 is 2.82 bits per heavy atom. The predicted octanol–water partition coefficient (Wildman–Crippen LogP) is 1.58. The Kier molecular flexibility index (Phi) is 3.62. The highest BCUT2D eigenvalue weighted by molar-refractivity contribution is 14.1. The molecule has 0 aliphatic heterocycles. The summed E-state index contributed by atoms with van der Waals surface area (Å²) in [5, 5.41) is 2.91. The first kappa shape index (κ1) is 9.29. The summed E-state index contributed by atoms with van der Waals surface area (Å²) in [4.78, 5) is 11.3. The van der Waals surface area contributed by atoms with Crippen molar-refractivity contribution in [2.75, 3.05) is 11.0 Å². The van der Waals surface area contributed by atoms with Crippen LogP contribution in [0.1, 0.15) is 19.8 Å². The van der Waals surface area contributed by atoms with E-state index in [1.807, 2.05) is 6.92 Å². The molecule has 1 aliphatic rings. The van der Waals surface area contributed by atoms with E-state index in [4.69, 9.17) is 0 Å². The number of hydrogen-bond donors (Lipinski definition) is 1.